The van der Waals surface area contributed by atoms with Gasteiger partial charge in [-0.05, 0) is 42.8 Å². The van der Waals surface area contributed by atoms with E-state index in [0.29, 0.717) is 17.9 Å². The first kappa shape index (κ1) is 20.6. The number of rotatable bonds is 8. The molecule has 154 valence electrons. The van der Waals surface area contributed by atoms with Crippen molar-refractivity contribution in [3.8, 4) is 0 Å². The van der Waals surface area contributed by atoms with E-state index < -0.39 is 27.2 Å². The molecule has 0 aliphatic carbocycles. The first-order valence-electron chi connectivity index (χ1n) is 9.17. The van der Waals surface area contributed by atoms with Gasteiger partial charge in [-0.25, -0.2) is 4.79 Å². The summed E-state index contributed by atoms with van der Waals surface area (Å²) in [4.78, 5) is 37.6. The average Bonchev–Trinajstić information content (AvgIpc) is 2.74. The number of fused-ring (bicyclic) bond motifs is 1. The van der Waals surface area contributed by atoms with Crippen molar-refractivity contribution in [3.63, 3.8) is 0 Å². The number of carbonyl (C=O) groups is 1. The maximum atomic E-state index is 12.0. The zero-order chi connectivity index (χ0) is 21.7. The van der Waals surface area contributed by atoms with Gasteiger partial charge in [0.05, 0.1) is 33.5 Å². The Bertz CT molecular complexity index is 1110. The van der Waals surface area contributed by atoms with Crippen molar-refractivity contribution in [2.24, 2.45) is 0 Å². The topological polar surface area (TPSA) is 138 Å². The van der Waals surface area contributed by atoms with Crippen LogP contribution in [0.5, 0.6) is 0 Å². The number of carbonyl (C=O) groups excluding carboxylic acids is 1. The minimum absolute atomic E-state index is 0.0273. The van der Waals surface area contributed by atoms with Crippen molar-refractivity contribution in [3.05, 3.63) is 74.5 Å². The largest absolute Gasteiger partial charge is 0.462 e. The number of nitrogens with zero attached hydrogens (tertiary/aromatic N) is 3. The van der Waals surface area contributed by atoms with E-state index in [2.05, 4.69) is 10.3 Å². The van der Waals surface area contributed by atoms with E-state index in [4.69, 9.17) is 4.74 Å². The molecule has 0 spiro atoms. The van der Waals surface area contributed by atoms with E-state index in [9.17, 15) is 25.0 Å². The first-order valence-corrected chi connectivity index (χ1v) is 9.17. The molecule has 10 heteroatoms. The fourth-order valence-electron chi connectivity index (χ4n) is 2.86. The summed E-state index contributed by atoms with van der Waals surface area (Å²) in [5, 5.41) is 26.0. The number of aromatic nitrogens is 1. The molecule has 1 N–H and O–H groups in total. The number of nitro benzene ring substituents is 2. The zero-order valence-electron chi connectivity index (χ0n) is 16.0. The maximum absolute atomic E-state index is 12.0. The molecule has 0 saturated carbocycles. The highest BCUT2D eigenvalue weighted by atomic mass is 16.6. The molecule has 0 bridgehead atoms. The summed E-state index contributed by atoms with van der Waals surface area (Å²) in [6, 6.07) is 10.1. The van der Waals surface area contributed by atoms with Gasteiger partial charge in [0.25, 0.3) is 5.69 Å². The van der Waals surface area contributed by atoms with Crippen LogP contribution in [0, 0.1) is 20.2 Å². The highest BCUT2D eigenvalue weighted by Crippen LogP contribution is 2.39. The normalized spacial score (nSPS) is 10.6. The lowest BCUT2D eigenvalue weighted by molar-refractivity contribution is -0.392. The molecule has 0 radical (unpaired) electrons. The Morgan fingerprint density at radius 1 is 1.10 bits per heavy atom. The maximum Gasteiger partial charge on any atom is 0.338 e. The molecule has 0 aliphatic heterocycles. The molecule has 10 nitrogen and oxygen atoms in total. The van der Waals surface area contributed by atoms with E-state index in [1.807, 2.05) is 6.92 Å². The van der Waals surface area contributed by atoms with E-state index in [-0.39, 0.29) is 16.6 Å². The van der Waals surface area contributed by atoms with Gasteiger partial charge < -0.3 is 10.1 Å². The van der Waals surface area contributed by atoms with Crippen LogP contribution in [0.2, 0.25) is 0 Å². The number of ether oxygens (including phenoxy) is 1. The molecule has 0 amide bonds. The zero-order valence-corrected chi connectivity index (χ0v) is 16.0. The summed E-state index contributed by atoms with van der Waals surface area (Å²) < 4.78 is 5.15. The second-order valence-corrected chi connectivity index (χ2v) is 6.40. The van der Waals surface area contributed by atoms with Gasteiger partial charge in [0.2, 0.25) is 0 Å². The second kappa shape index (κ2) is 8.95. The molecule has 0 saturated heterocycles. The van der Waals surface area contributed by atoms with Crippen molar-refractivity contribution < 1.29 is 19.4 Å². The number of benzene rings is 2. The number of nitrogens with one attached hydrogen (secondary N) is 1. The molecule has 1 heterocycles. The van der Waals surface area contributed by atoms with Gasteiger partial charge in [-0.15, -0.1) is 0 Å². The van der Waals surface area contributed by atoms with Crippen molar-refractivity contribution >= 4 is 39.6 Å². The number of nitro groups is 2. The smallest absolute Gasteiger partial charge is 0.338 e. The Hall–Kier alpha value is -4.08. The lowest BCUT2D eigenvalue weighted by Gasteiger charge is -2.11. The number of anilines is 2. The van der Waals surface area contributed by atoms with Crippen LogP contribution in [0.4, 0.5) is 22.7 Å². The summed E-state index contributed by atoms with van der Waals surface area (Å²) in [7, 11) is 0. The number of esters is 1. The first-order chi connectivity index (χ1) is 14.4. The fourth-order valence-corrected chi connectivity index (χ4v) is 2.86. The van der Waals surface area contributed by atoms with Gasteiger partial charge >= 0.3 is 11.7 Å². The summed E-state index contributed by atoms with van der Waals surface area (Å²) in [5.41, 5.74) is 0.0410. The quantitative estimate of drug-likeness (QED) is 0.243. The minimum Gasteiger partial charge on any atom is -0.462 e. The lowest BCUT2D eigenvalue weighted by atomic mass is 10.1. The van der Waals surface area contributed by atoms with Crippen molar-refractivity contribution in [1.82, 2.24) is 4.98 Å². The van der Waals surface area contributed by atoms with Gasteiger partial charge in [-0.2, -0.15) is 0 Å². The van der Waals surface area contributed by atoms with Crippen LogP contribution >= 0.6 is 0 Å². The van der Waals surface area contributed by atoms with Crippen LogP contribution in [0.15, 0.2) is 48.7 Å². The van der Waals surface area contributed by atoms with E-state index >= 15 is 0 Å². The molecule has 3 aromatic rings. The third-order valence-electron chi connectivity index (χ3n) is 4.36. The van der Waals surface area contributed by atoms with Gasteiger partial charge in [-0.1, -0.05) is 13.3 Å². The SMILES string of the molecule is CCCCOC(=O)c1ccc(Nc2c([N+](=O)[O-])cc([N+](=O)[O-])c3cccnc23)cc1. The highest BCUT2D eigenvalue weighted by Gasteiger charge is 2.26. The van der Waals surface area contributed by atoms with Gasteiger partial charge in [0.1, 0.15) is 11.2 Å². The van der Waals surface area contributed by atoms with Gasteiger partial charge in [-0.3, -0.25) is 25.2 Å². The van der Waals surface area contributed by atoms with Gasteiger partial charge in [0, 0.05) is 11.9 Å². The van der Waals surface area contributed by atoms with Crippen molar-refractivity contribution in [2.75, 3.05) is 11.9 Å². The predicted octanol–water partition coefficient (Wildman–Crippen LogP) is 4.75. The van der Waals surface area contributed by atoms with E-state index in [1.54, 1.807) is 12.1 Å². The molecule has 30 heavy (non-hydrogen) atoms. The second-order valence-electron chi connectivity index (χ2n) is 6.40. The molecular formula is C20H18N4O6. The summed E-state index contributed by atoms with van der Waals surface area (Å²) in [5.74, 6) is -0.455. The Morgan fingerprint density at radius 3 is 2.43 bits per heavy atom. The van der Waals surface area contributed by atoms with E-state index in [1.165, 1.54) is 30.5 Å². The third-order valence-corrected chi connectivity index (χ3v) is 4.36. The van der Waals surface area contributed by atoms with Crippen LogP contribution in [0.1, 0.15) is 30.1 Å². The molecule has 0 unspecified atom stereocenters. The minimum atomic E-state index is -0.705. The standard InChI is InChI=1S/C20H18N4O6/c1-2-3-11-30-20(25)13-6-8-14(9-7-13)22-19-17(24(28)29)12-16(23(26)27)15-5-4-10-21-18(15)19/h4-10,12,22H,2-3,11H2,1H3. The van der Waals surface area contributed by atoms with Crippen molar-refractivity contribution in [2.45, 2.75) is 19.8 Å². The number of hydrogen-bond acceptors (Lipinski definition) is 8. The van der Waals surface area contributed by atoms with Crippen LogP contribution in [0.3, 0.4) is 0 Å². The Labute approximate surface area is 170 Å². The molecule has 3 rings (SSSR count). The average molecular weight is 410 g/mol. The number of pyridine rings is 1. The summed E-state index contributed by atoms with van der Waals surface area (Å²) in [6.07, 6.45) is 3.08. The molecule has 1 aromatic heterocycles. The Balaban J connectivity index is 1.96. The van der Waals surface area contributed by atoms with Crippen LogP contribution in [-0.4, -0.2) is 27.4 Å². The lowest BCUT2D eigenvalue weighted by Crippen LogP contribution is -2.06. The van der Waals surface area contributed by atoms with Crippen LogP contribution in [-0.2, 0) is 4.74 Å². The monoisotopic (exact) mass is 410 g/mol. The third kappa shape index (κ3) is 4.32. The molecule has 0 fully saturated rings. The number of non-ortho nitro benzene ring substituents is 1. The molecule has 2 aromatic carbocycles. The number of hydrogen-bond donors (Lipinski definition) is 1. The summed E-state index contributed by atoms with van der Waals surface area (Å²) >= 11 is 0. The number of unbranched alkanes of at least 4 members (excludes halogenated alkanes) is 1. The predicted molar refractivity (Wildman–Crippen MR) is 110 cm³/mol. The van der Waals surface area contributed by atoms with Crippen molar-refractivity contribution in [1.29, 1.82) is 0 Å². The Kier molecular flexibility index (Phi) is 6.16. The Morgan fingerprint density at radius 2 is 1.80 bits per heavy atom. The van der Waals surface area contributed by atoms with E-state index in [0.717, 1.165) is 18.9 Å². The van der Waals surface area contributed by atoms with Crippen LogP contribution in [0.25, 0.3) is 10.9 Å². The molecule has 0 atom stereocenters. The van der Waals surface area contributed by atoms with Gasteiger partial charge in [0.15, 0.2) is 0 Å². The highest BCUT2D eigenvalue weighted by molar-refractivity contribution is 6.02. The fraction of sp³-hybridized carbons (Fsp3) is 0.200. The molecule has 0 aliphatic rings. The molecular weight excluding hydrogens is 392 g/mol. The summed E-state index contributed by atoms with van der Waals surface area (Å²) in [6.45, 7) is 2.33. The van der Waals surface area contributed by atoms with Crippen LogP contribution < -0.4 is 5.32 Å².